The van der Waals surface area contributed by atoms with Crippen molar-refractivity contribution in [2.75, 3.05) is 6.54 Å². The molecule has 0 saturated heterocycles. The highest BCUT2D eigenvalue weighted by molar-refractivity contribution is 6.29. The number of carbonyl (C=O) groups excluding carboxylic acids is 1. The van der Waals surface area contributed by atoms with E-state index in [4.69, 9.17) is 16.7 Å². The highest BCUT2D eigenvalue weighted by Crippen LogP contribution is 2.31. The average molecular weight is 283 g/mol. The molecule has 1 fully saturated rings. The quantitative estimate of drug-likeness (QED) is 0.828. The average Bonchev–Trinajstić information content (AvgIpc) is 2.85. The predicted octanol–water partition coefficient (Wildman–Crippen LogP) is 1.97. The number of rotatable bonds is 4. The van der Waals surface area contributed by atoms with Crippen molar-refractivity contribution in [3.05, 3.63) is 29.0 Å². The summed E-state index contributed by atoms with van der Waals surface area (Å²) in [6.07, 6.45) is 3.84. The van der Waals surface area contributed by atoms with E-state index in [9.17, 15) is 9.59 Å². The number of pyridine rings is 1. The molecule has 2 rings (SSSR count). The first-order valence-electron chi connectivity index (χ1n) is 6.20. The van der Waals surface area contributed by atoms with Gasteiger partial charge in [0.15, 0.2) is 0 Å². The van der Waals surface area contributed by atoms with E-state index in [0.29, 0.717) is 23.7 Å². The van der Waals surface area contributed by atoms with Gasteiger partial charge in [-0.3, -0.25) is 9.59 Å². The molecule has 0 aliphatic heterocycles. The van der Waals surface area contributed by atoms with E-state index in [0.717, 1.165) is 12.8 Å². The minimum absolute atomic E-state index is 0.0155. The summed E-state index contributed by atoms with van der Waals surface area (Å²) in [4.78, 5) is 26.7. The second kappa shape index (κ2) is 6.02. The van der Waals surface area contributed by atoms with Crippen LogP contribution in [-0.2, 0) is 4.79 Å². The molecule has 1 aromatic rings. The summed E-state index contributed by atoms with van der Waals surface area (Å²) in [6, 6.07) is 3.14. The number of carboxylic acids is 1. The molecule has 1 amide bonds. The maximum atomic E-state index is 11.8. The number of carboxylic acid groups (broad SMARTS) is 1. The van der Waals surface area contributed by atoms with Crippen molar-refractivity contribution in [3.63, 3.8) is 0 Å². The van der Waals surface area contributed by atoms with Gasteiger partial charge in [-0.15, -0.1) is 0 Å². The van der Waals surface area contributed by atoms with E-state index >= 15 is 0 Å². The first-order valence-corrected chi connectivity index (χ1v) is 6.58. The summed E-state index contributed by atoms with van der Waals surface area (Å²) in [5.41, 5.74) is 0.425. The molecule has 1 aliphatic rings. The Balaban J connectivity index is 1.90. The lowest BCUT2D eigenvalue weighted by Gasteiger charge is -2.16. The molecule has 1 aliphatic carbocycles. The maximum absolute atomic E-state index is 11.8. The van der Waals surface area contributed by atoms with Crippen LogP contribution < -0.4 is 5.32 Å². The molecule has 1 aromatic heterocycles. The third-order valence-corrected chi connectivity index (χ3v) is 3.71. The van der Waals surface area contributed by atoms with Gasteiger partial charge in [0, 0.05) is 12.7 Å². The smallest absolute Gasteiger partial charge is 0.306 e. The molecule has 0 radical (unpaired) electrons. The lowest BCUT2D eigenvalue weighted by molar-refractivity contribution is -0.142. The van der Waals surface area contributed by atoms with Crippen LogP contribution in [0.15, 0.2) is 18.3 Å². The molecule has 19 heavy (non-hydrogen) atoms. The SMILES string of the molecule is O=C(NCC1CCCC1C(=O)O)c1ccc(Cl)nc1. The van der Waals surface area contributed by atoms with Gasteiger partial charge in [0.1, 0.15) is 5.15 Å². The molecule has 6 heteroatoms. The minimum atomic E-state index is -0.773. The van der Waals surface area contributed by atoms with Crippen LogP contribution in [0.25, 0.3) is 0 Å². The van der Waals surface area contributed by atoms with Crippen LogP contribution >= 0.6 is 11.6 Å². The lowest BCUT2D eigenvalue weighted by Crippen LogP contribution is -2.33. The fourth-order valence-electron chi connectivity index (χ4n) is 2.44. The van der Waals surface area contributed by atoms with Gasteiger partial charge in [-0.05, 0) is 30.9 Å². The molecule has 0 spiro atoms. The van der Waals surface area contributed by atoms with Crippen molar-refractivity contribution in [2.24, 2.45) is 11.8 Å². The second-order valence-corrected chi connectivity index (χ2v) is 5.10. The Labute approximate surface area is 116 Å². The Morgan fingerprint density at radius 3 is 2.84 bits per heavy atom. The fraction of sp³-hybridized carbons (Fsp3) is 0.462. The molecule has 5 nitrogen and oxygen atoms in total. The summed E-state index contributed by atoms with van der Waals surface area (Å²) in [5, 5.41) is 12.2. The summed E-state index contributed by atoms with van der Waals surface area (Å²) in [7, 11) is 0. The monoisotopic (exact) mass is 282 g/mol. The molecule has 0 aromatic carbocycles. The van der Waals surface area contributed by atoms with Crippen molar-refractivity contribution in [1.82, 2.24) is 10.3 Å². The molecule has 0 bridgehead atoms. The van der Waals surface area contributed by atoms with Crippen molar-refractivity contribution >= 4 is 23.5 Å². The fourth-order valence-corrected chi connectivity index (χ4v) is 2.55. The van der Waals surface area contributed by atoms with Crippen molar-refractivity contribution in [3.8, 4) is 0 Å². The van der Waals surface area contributed by atoms with E-state index in [1.807, 2.05) is 0 Å². The van der Waals surface area contributed by atoms with Crippen LogP contribution in [0.5, 0.6) is 0 Å². The number of hydrogen-bond donors (Lipinski definition) is 2. The Bertz CT molecular complexity index is 475. The largest absolute Gasteiger partial charge is 0.481 e. The second-order valence-electron chi connectivity index (χ2n) is 4.72. The van der Waals surface area contributed by atoms with Gasteiger partial charge < -0.3 is 10.4 Å². The van der Waals surface area contributed by atoms with Crippen LogP contribution in [-0.4, -0.2) is 28.5 Å². The predicted molar refractivity (Wildman–Crippen MR) is 70.0 cm³/mol. The zero-order valence-electron chi connectivity index (χ0n) is 10.3. The van der Waals surface area contributed by atoms with Crippen LogP contribution in [0.1, 0.15) is 29.6 Å². The summed E-state index contributed by atoms with van der Waals surface area (Å²) in [6.45, 7) is 0.387. The van der Waals surface area contributed by atoms with Gasteiger partial charge in [0.05, 0.1) is 11.5 Å². The molecule has 2 unspecified atom stereocenters. The number of nitrogens with one attached hydrogen (secondary N) is 1. The number of halogens is 1. The van der Waals surface area contributed by atoms with E-state index in [-0.39, 0.29) is 17.7 Å². The number of hydrogen-bond acceptors (Lipinski definition) is 3. The molecular formula is C13H15ClN2O3. The number of aromatic nitrogens is 1. The zero-order valence-corrected chi connectivity index (χ0v) is 11.1. The summed E-state index contributed by atoms with van der Waals surface area (Å²) >= 11 is 5.64. The third-order valence-electron chi connectivity index (χ3n) is 3.49. The Morgan fingerprint density at radius 1 is 1.42 bits per heavy atom. The normalized spacial score (nSPS) is 22.2. The van der Waals surface area contributed by atoms with Gasteiger partial charge in [0.2, 0.25) is 0 Å². The van der Waals surface area contributed by atoms with Crippen LogP contribution in [0, 0.1) is 11.8 Å². The maximum Gasteiger partial charge on any atom is 0.306 e. The Hall–Kier alpha value is -1.62. The molecular weight excluding hydrogens is 268 g/mol. The highest BCUT2D eigenvalue weighted by Gasteiger charge is 2.32. The number of aliphatic carboxylic acids is 1. The number of amides is 1. The van der Waals surface area contributed by atoms with Crippen molar-refractivity contribution in [1.29, 1.82) is 0 Å². The van der Waals surface area contributed by atoms with Gasteiger partial charge in [-0.25, -0.2) is 4.98 Å². The standard InChI is InChI=1S/C13H15ClN2O3/c14-11-5-4-9(7-15-11)12(17)16-6-8-2-1-3-10(8)13(18)19/h4-5,7-8,10H,1-3,6H2,(H,16,17)(H,18,19). The Morgan fingerprint density at radius 2 is 2.21 bits per heavy atom. The van der Waals surface area contributed by atoms with E-state index in [1.54, 1.807) is 12.1 Å². The highest BCUT2D eigenvalue weighted by atomic mass is 35.5. The summed E-state index contributed by atoms with van der Waals surface area (Å²) < 4.78 is 0. The minimum Gasteiger partial charge on any atom is -0.481 e. The molecule has 2 N–H and O–H groups in total. The van der Waals surface area contributed by atoms with Gasteiger partial charge in [0.25, 0.3) is 5.91 Å². The van der Waals surface area contributed by atoms with Crippen LogP contribution in [0.4, 0.5) is 0 Å². The van der Waals surface area contributed by atoms with Crippen molar-refractivity contribution in [2.45, 2.75) is 19.3 Å². The van der Waals surface area contributed by atoms with Crippen molar-refractivity contribution < 1.29 is 14.7 Å². The number of nitrogens with zero attached hydrogens (tertiary/aromatic N) is 1. The molecule has 1 saturated carbocycles. The third kappa shape index (κ3) is 3.44. The van der Waals surface area contributed by atoms with E-state index in [1.165, 1.54) is 6.20 Å². The lowest BCUT2D eigenvalue weighted by atomic mass is 9.96. The number of carbonyl (C=O) groups is 2. The summed E-state index contributed by atoms with van der Waals surface area (Å²) in [5.74, 6) is -1.35. The van der Waals surface area contributed by atoms with Gasteiger partial charge >= 0.3 is 5.97 Å². The van der Waals surface area contributed by atoms with Crippen LogP contribution in [0.3, 0.4) is 0 Å². The van der Waals surface area contributed by atoms with Crippen LogP contribution in [0.2, 0.25) is 5.15 Å². The van der Waals surface area contributed by atoms with Gasteiger partial charge in [-0.2, -0.15) is 0 Å². The first-order chi connectivity index (χ1) is 9.08. The molecule has 2 atom stereocenters. The van der Waals surface area contributed by atoms with E-state index in [2.05, 4.69) is 10.3 Å². The first kappa shape index (κ1) is 13.8. The Kier molecular flexibility index (Phi) is 4.37. The van der Waals surface area contributed by atoms with Gasteiger partial charge in [-0.1, -0.05) is 18.0 Å². The molecule has 102 valence electrons. The van der Waals surface area contributed by atoms with E-state index < -0.39 is 5.97 Å². The zero-order chi connectivity index (χ0) is 13.8. The molecule has 1 heterocycles. The topological polar surface area (TPSA) is 79.3 Å².